The molecule has 1 heterocycles. The average molecular weight is 348 g/mol. The molecule has 1 aromatic rings. The molecule has 0 aromatic heterocycles. The van der Waals surface area contributed by atoms with Crippen LogP contribution in [0.25, 0.3) is 0 Å². The van der Waals surface area contributed by atoms with Gasteiger partial charge in [0.1, 0.15) is 5.60 Å². The molecule has 6 nitrogen and oxygen atoms in total. The van der Waals surface area contributed by atoms with Crippen LogP contribution in [-0.2, 0) is 35.1 Å². The number of rotatable bonds is 5. The lowest BCUT2D eigenvalue weighted by molar-refractivity contribution is -0.206. The van der Waals surface area contributed by atoms with Gasteiger partial charge in [0, 0.05) is 26.7 Å². The zero-order valence-electron chi connectivity index (χ0n) is 14.8. The average Bonchev–Trinajstić information content (AvgIpc) is 2.77. The monoisotopic (exact) mass is 348 g/mol. The van der Waals surface area contributed by atoms with Crippen LogP contribution in [0.5, 0.6) is 0 Å². The van der Waals surface area contributed by atoms with E-state index < -0.39 is 29.7 Å². The fourth-order valence-corrected chi connectivity index (χ4v) is 3.70. The lowest BCUT2D eigenvalue weighted by atomic mass is 9.73. The third kappa shape index (κ3) is 3.85. The molecule has 1 saturated heterocycles. The number of esters is 2. The largest absolute Gasteiger partial charge is 0.456 e. The quantitative estimate of drug-likeness (QED) is 0.761. The van der Waals surface area contributed by atoms with E-state index in [-0.39, 0.29) is 12.2 Å². The molecular formula is C19H24O6. The summed E-state index contributed by atoms with van der Waals surface area (Å²) in [5.74, 6) is -0.821. The molecule has 1 unspecified atom stereocenters. The summed E-state index contributed by atoms with van der Waals surface area (Å²) in [4.78, 5) is 22.9. The van der Waals surface area contributed by atoms with Gasteiger partial charge in [0.05, 0.1) is 18.8 Å². The molecular weight excluding hydrogens is 324 g/mol. The molecule has 1 saturated carbocycles. The SMILES string of the molecule is CC(=O)O[C@H]1C(C)O[C@]2(C[C@@H](OCc3ccccc3)C2)[C@H]1OC(C)=O. The predicted molar refractivity (Wildman–Crippen MR) is 88.6 cm³/mol. The topological polar surface area (TPSA) is 71.1 Å². The summed E-state index contributed by atoms with van der Waals surface area (Å²) >= 11 is 0. The van der Waals surface area contributed by atoms with Crippen LogP contribution in [0.1, 0.15) is 39.2 Å². The van der Waals surface area contributed by atoms with Crippen LogP contribution in [-0.4, -0.2) is 42.0 Å². The Bertz CT molecular complexity index is 622. The van der Waals surface area contributed by atoms with Crippen molar-refractivity contribution in [3.05, 3.63) is 35.9 Å². The lowest BCUT2D eigenvalue weighted by Crippen LogP contribution is -2.57. The van der Waals surface area contributed by atoms with Gasteiger partial charge in [0.2, 0.25) is 0 Å². The number of hydrogen-bond acceptors (Lipinski definition) is 6. The number of hydrogen-bond donors (Lipinski definition) is 0. The van der Waals surface area contributed by atoms with E-state index in [2.05, 4.69) is 0 Å². The van der Waals surface area contributed by atoms with Crippen LogP contribution >= 0.6 is 0 Å². The van der Waals surface area contributed by atoms with E-state index in [1.165, 1.54) is 13.8 Å². The second-order valence-corrected chi connectivity index (χ2v) is 6.82. The third-order valence-electron chi connectivity index (χ3n) is 4.77. The Hall–Kier alpha value is -1.92. The molecule has 1 aromatic carbocycles. The Morgan fingerprint density at radius 3 is 2.36 bits per heavy atom. The Morgan fingerprint density at radius 1 is 1.12 bits per heavy atom. The maximum Gasteiger partial charge on any atom is 0.303 e. The lowest BCUT2D eigenvalue weighted by Gasteiger charge is -2.46. The first-order valence-corrected chi connectivity index (χ1v) is 8.57. The van der Waals surface area contributed by atoms with Crippen LogP contribution in [0.3, 0.4) is 0 Å². The Balaban J connectivity index is 1.62. The zero-order chi connectivity index (χ0) is 18.0. The predicted octanol–water partition coefficient (Wildman–Crippen LogP) is 2.39. The van der Waals surface area contributed by atoms with E-state index in [1.54, 1.807) is 0 Å². The molecule has 25 heavy (non-hydrogen) atoms. The van der Waals surface area contributed by atoms with Crippen LogP contribution in [0.2, 0.25) is 0 Å². The second kappa shape index (κ2) is 7.14. The third-order valence-corrected chi connectivity index (χ3v) is 4.77. The molecule has 1 spiro atoms. The van der Waals surface area contributed by atoms with E-state index in [0.717, 1.165) is 5.56 Å². The summed E-state index contributed by atoms with van der Waals surface area (Å²) in [6, 6.07) is 9.95. The first-order valence-electron chi connectivity index (χ1n) is 8.57. The molecule has 0 N–H and O–H groups in total. The molecule has 2 aliphatic rings. The van der Waals surface area contributed by atoms with Crippen LogP contribution in [0.15, 0.2) is 30.3 Å². The van der Waals surface area contributed by atoms with Crippen molar-refractivity contribution in [2.45, 2.75) is 70.2 Å². The minimum absolute atomic E-state index is 0.0292. The van der Waals surface area contributed by atoms with Crippen molar-refractivity contribution < 1.29 is 28.5 Å². The van der Waals surface area contributed by atoms with Crippen molar-refractivity contribution in [1.29, 1.82) is 0 Å². The second-order valence-electron chi connectivity index (χ2n) is 6.82. The van der Waals surface area contributed by atoms with E-state index in [1.807, 2.05) is 37.3 Å². The fourth-order valence-electron chi connectivity index (χ4n) is 3.70. The molecule has 0 bridgehead atoms. The van der Waals surface area contributed by atoms with Gasteiger partial charge < -0.3 is 18.9 Å². The maximum atomic E-state index is 11.5. The molecule has 0 radical (unpaired) electrons. The summed E-state index contributed by atoms with van der Waals surface area (Å²) in [6.45, 7) is 5.05. The van der Waals surface area contributed by atoms with Gasteiger partial charge >= 0.3 is 11.9 Å². The van der Waals surface area contributed by atoms with Crippen molar-refractivity contribution in [3.8, 4) is 0 Å². The van der Waals surface area contributed by atoms with Gasteiger partial charge in [-0.15, -0.1) is 0 Å². The molecule has 6 heteroatoms. The summed E-state index contributed by atoms with van der Waals surface area (Å²) in [5, 5.41) is 0. The smallest absolute Gasteiger partial charge is 0.303 e. The highest BCUT2D eigenvalue weighted by atomic mass is 16.6. The number of carbonyl (C=O) groups excluding carboxylic acids is 2. The molecule has 3 atom stereocenters. The zero-order valence-corrected chi connectivity index (χ0v) is 14.8. The molecule has 2 fully saturated rings. The maximum absolute atomic E-state index is 11.5. The highest BCUT2D eigenvalue weighted by Gasteiger charge is 2.63. The molecule has 0 amide bonds. The van der Waals surface area contributed by atoms with E-state index in [4.69, 9.17) is 18.9 Å². The van der Waals surface area contributed by atoms with E-state index in [0.29, 0.717) is 19.4 Å². The van der Waals surface area contributed by atoms with Crippen molar-refractivity contribution in [3.63, 3.8) is 0 Å². The van der Waals surface area contributed by atoms with Gasteiger partial charge in [-0.1, -0.05) is 30.3 Å². The van der Waals surface area contributed by atoms with Crippen LogP contribution < -0.4 is 0 Å². The summed E-state index contributed by atoms with van der Waals surface area (Å²) in [5.41, 5.74) is 0.477. The highest BCUT2D eigenvalue weighted by molar-refractivity contribution is 5.67. The molecule has 1 aliphatic heterocycles. The normalized spacial score (nSPS) is 33.7. The van der Waals surface area contributed by atoms with Gasteiger partial charge in [-0.25, -0.2) is 0 Å². The van der Waals surface area contributed by atoms with E-state index >= 15 is 0 Å². The standard InChI is InChI=1S/C19H24O6/c1-12-17(23-13(2)20)18(24-14(3)21)19(25-12)9-16(10-19)22-11-15-7-5-4-6-8-15/h4-8,12,16-18H,9-11H2,1-3H3/t12?,16-,17-,18-,19+/m0/s1. The Labute approximate surface area is 147 Å². The van der Waals surface area contributed by atoms with Crippen molar-refractivity contribution in [1.82, 2.24) is 0 Å². The Morgan fingerprint density at radius 2 is 1.76 bits per heavy atom. The number of carbonyl (C=O) groups is 2. The van der Waals surface area contributed by atoms with Gasteiger partial charge in [0.15, 0.2) is 12.2 Å². The molecule has 3 rings (SSSR count). The van der Waals surface area contributed by atoms with Gasteiger partial charge in [-0.05, 0) is 12.5 Å². The van der Waals surface area contributed by atoms with Crippen molar-refractivity contribution in [2.24, 2.45) is 0 Å². The minimum atomic E-state index is -0.632. The molecule has 1 aliphatic carbocycles. The van der Waals surface area contributed by atoms with Crippen LogP contribution in [0.4, 0.5) is 0 Å². The summed E-state index contributed by atoms with van der Waals surface area (Å²) in [7, 11) is 0. The first kappa shape index (κ1) is 17.9. The Kier molecular flexibility index (Phi) is 5.11. The van der Waals surface area contributed by atoms with Gasteiger partial charge in [-0.2, -0.15) is 0 Å². The highest BCUT2D eigenvalue weighted by Crippen LogP contribution is 2.49. The number of ether oxygens (including phenoxy) is 4. The van der Waals surface area contributed by atoms with Crippen molar-refractivity contribution >= 4 is 11.9 Å². The van der Waals surface area contributed by atoms with Crippen LogP contribution in [0, 0.1) is 0 Å². The summed E-state index contributed by atoms with van der Waals surface area (Å²) < 4.78 is 22.8. The summed E-state index contributed by atoms with van der Waals surface area (Å²) in [6.07, 6.45) is -0.262. The van der Waals surface area contributed by atoms with E-state index in [9.17, 15) is 9.59 Å². The molecule has 136 valence electrons. The van der Waals surface area contributed by atoms with Crippen molar-refractivity contribution in [2.75, 3.05) is 0 Å². The minimum Gasteiger partial charge on any atom is -0.456 e. The van der Waals surface area contributed by atoms with Gasteiger partial charge in [0.25, 0.3) is 0 Å². The number of benzene rings is 1. The fraction of sp³-hybridized carbons (Fsp3) is 0.579. The van der Waals surface area contributed by atoms with Gasteiger partial charge in [-0.3, -0.25) is 9.59 Å². The first-order chi connectivity index (χ1) is 11.9.